The fourth-order valence-electron chi connectivity index (χ4n) is 4.09. The number of amides is 2. The summed E-state index contributed by atoms with van der Waals surface area (Å²) in [6.07, 6.45) is 1.48. The first-order valence-electron chi connectivity index (χ1n) is 12.3. The van der Waals surface area contributed by atoms with Gasteiger partial charge in [-0.3, -0.25) is 15.5 Å². The predicted octanol–water partition coefficient (Wildman–Crippen LogP) is 5.24. The number of carbonyl (C=O) groups is 2. The van der Waals surface area contributed by atoms with Crippen molar-refractivity contribution in [2.24, 2.45) is 0 Å². The second kappa shape index (κ2) is 11.3. The number of anilines is 1. The van der Waals surface area contributed by atoms with Gasteiger partial charge in [0.05, 0.1) is 6.54 Å². The molecule has 0 aromatic heterocycles. The van der Waals surface area contributed by atoms with Gasteiger partial charge in [0.15, 0.2) is 0 Å². The first kappa shape index (κ1) is 26.8. The van der Waals surface area contributed by atoms with Gasteiger partial charge in [0.2, 0.25) is 0 Å². The quantitative estimate of drug-likeness (QED) is 0.312. The van der Waals surface area contributed by atoms with Crippen molar-refractivity contribution in [3.8, 4) is 11.8 Å². The third-order valence-corrected chi connectivity index (χ3v) is 6.02. The molecule has 2 aromatic carbocycles. The van der Waals surface area contributed by atoms with Gasteiger partial charge in [-0.2, -0.15) is 0 Å². The number of amidine groups is 1. The molecular weight excluding hydrogens is 452 g/mol. The number of alkyl carbamates (subject to hydrolysis) is 1. The lowest BCUT2D eigenvalue weighted by Gasteiger charge is -2.22. The van der Waals surface area contributed by atoms with Gasteiger partial charge in [-0.15, -0.1) is 0 Å². The zero-order chi connectivity index (χ0) is 26.5. The number of hydrogen-bond acceptors (Lipinski definition) is 5. The van der Waals surface area contributed by atoms with Crippen molar-refractivity contribution in [3.05, 3.63) is 64.2 Å². The Morgan fingerprint density at radius 3 is 2.44 bits per heavy atom. The first-order valence-corrected chi connectivity index (χ1v) is 12.3. The fourth-order valence-corrected chi connectivity index (χ4v) is 4.09. The highest BCUT2D eigenvalue weighted by molar-refractivity contribution is 6.04. The predicted molar refractivity (Wildman–Crippen MR) is 144 cm³/mol. The molecule has 1 aliphatic rings. The molecule has 0 aliphatic carbocycles. The number of benzene rings is 2. The van der Waals surface area contributed by atoms with Gasteiger partial charge in [-0.1, -0.05) is 11.8 Å². The van der Waals surface area contributed by atoms with Crippen LogP contribution in [-0.2, 0) is 4.74 Å². The van der Waals surface area contributed by atoms with Crippen LogP contribution >= 0.6 is 0 Å². The number of ether oxygens (including phenoxy) is 1. The second-order valence-corrected chi connectivity index (χ2v) is 10.2. The molecule has 0 spiro atoms. The smallest absolute Gasteiger partial charge is 0.413 e. The Morgan fingerprint density at radius 1 is 1.14 bits per heavy atom. The molecule has 3 rings (SSSR count). The number of carbonyl (C=O) groups excluding carboxylic acids is 2. The molecule has 7 heteroatoms. The highest BCUT2D eigenvalue weighted by atomic mass is 16.6. The molecule has 0 bridgehead atoms. The van der Waals surface area contributed by atoms with Gasteiger partial charge in [-0.25, -0.2) is 4.79 Å². The van der Waals surface area contributed by atoms with Crippen LogP contribution in [-0.4, -0.2) is 47.5 Å². The van der Waals surface area contributed by atoms with Gasteiger partial charge in [0.25, 0.3) is 5.91 Å². The molecule has 1 fully saturated rings. The van der Waals surface area contributed by atoms with Crippen LogP contribution in [0.5, 0.6) is 0 Å². The number of rotatable bonds is 4. The van der Waals surface area contributed by atoms with E-state index in [1.165, 1.54) is 0 Å². The monoisotopic (exact) mass is 488 g/mol. The fraction of sp³-hybridized carbons (Fsp3) is 0.414. The minimum absolute atomic E-state index is 0.0254. The van der Waals surface area contributed by atoms with Crippen LogP contribution in [0.3, 0.4) is 0 Å². The molecule has 2 amide bonds. The van der Waals surface area contributed by atoms with Crippen LogP contribution in [0, 0.1) is 31.1 Å². The Morgan fingerprint density at radius 2 is 1.83 bits per heavy atom. The van der Waals surface area contributed by atoms with E-state index in [0.717, 1.165) is 47.3 Å². The van der Waals surface area contributed by atoms with Gasteiger partial charge in [0, 0.05) is 35.0 Å². The molecule has 1 heterocycles. The van der Waals surface area contributed by atoms with E-state index in [9.17, 15) is 9.59 Å². The van der Waals surface area contributed by atoms with Crippen LogP contribution in [0.2, 0.25) is 0 Å². The lowest BCUT2D eigenvalue weighted by atomic mass is 9.99. The Kier molecular flexibility index (Phi) is 8.41. The zero-order valence-corrected chi connectivity index (χ0v) is 22.0. The molecule has 0 saturated carbocycles. The minimum Gasteiger partial charge on any atom is -0.444 e. The van der Waals surface area contributed by atoms with Crippen molar-refractivity contribution in [2.45, 2.75) is 66.0 Å². The largest absolute Gasteiger partial charge is 0.444 e. The molecule has 36 heavy (non-hydrogen) atoms. The molecule has 1 aliphatic heterocycles. The summed E-state index contributed by atoms with van der Waals surface area (Å²) in [6, 6.07) is 11.4. The minimum atomic E-state index is -0.654. The number of hydrogen-bond donors (Lipinski definition) is 3. The summed E-state index contributed by atoms with van der Waals surface area (Å²) in [7, 11) is 0. The van der Waals surface area contributed by atoms with Crippen LogP contribution in [0.15, 0.2) is 36.4 Å². The average molecular weight is 489 g/mol. The van der Waals surface area contributed by atoms with Gasteiger partial charge in [0.1, 0.15) is 11.4 Å². The lowest BCUT2D eigenvalue weighted by Crippen LogP contribution is -2.36. The van der Waals surface area contributed by atoms with Crippen molar-refractivity contribution >= 4 is 23.5 Å². The van der Waals surface area contributed by atoms with E-state index in [-0.39, 0.29) is 11.7 Å². The number of likely N-dealkylation sites (tertiary alicyclic amines) is 1. The molecule has 3 N–H and O–H groups in total. The average Bonchev–Trinajstić information content (AvgIpc) is 3.23. The summed E-state index contributed by atoms with van der Waals surface area (Å²) in [6.45, 7) is 12.6. The Bertz CT molecular complexity index is 1200. The zero-order valence-electron chi connectivity index (χ0n) is 22.0. The van der Waals surface area contributed by atoms with E-state index >= 15 is 0 Å². The molecule has 1 saturated heterocycles. The van der Waals surface area contributed by atoms with Crippen molar-refractivity contribution in [3.63, 3.8) is 0 Å². The van der Waals surface area contributed by atoms with E-state index in [1.54, 1.807) is 32.9 Å². The summed E-state index contributed by atoms with van der Waals surface area (Å²) >= 11 is 0. The third kappa shape index (κ3) is 7.11. The van der Waals surface area contributed by atoms with Crippen molar-refractivity contribution in [1.82, 2.24) is 10.2 Å². The highest BCUT2D eigenvalue weighted by Gasteiger charge is 2.27. The standard InChI is InChI=1S/C29H36N4O3/c1-19-18-25(27(34)33-16-8-9-21(33)3)20(2)17-23(19)10-7-15-31-24-13-11-22(12-14-24)26(30)32-28(35)36-29(4,5)6/h11-14,17-18,21,31H,8-9,15-16H2,1-6H3,(H2,30,32,35). The van der Waals surface area contributed by atoms with Gasteiger partial charge >= 0.3 is 6.09 Å². The topological polar surface area (TPSA) is 94.5 Å². The highest BCUT2D eigenvalue weighted by Crippen LogP contribution is 2.23. The van der Waals surface area contributed by atoms with E-state index < -0.39 is 11.7 Å². The molecule has 7 nitrogen and oxygen atoms in total. The number of nitrogens with one attached hydrogen (secondary N) is 3. The maximum Gasteiger partial charge on any atom is 0.413 e. The van der Waals surface area contributed by atoms with E-state index in [0.29, 0.717) is 18.2 Å². The van der Waals surface area contributed by atoms with Crippen LogP contribution in [0.4, 0.5) is 10.5 Å². The first-order chi connectivity index (χ1) is 16.9. The van der Waals surface area contributed by atoms with Crippen molar-refractivity contribution in [1.29, 1.82) is 5.41 Å². The molecule has 2 aromatic rings. The van der Waals surface area contributed by atoms with Gasteiger partial charge < -0.3 is 15.0 Å². The molecule has 1 unspecified atom stereocenters. The lowest BCUT2D eigenvalue weighted by molar-refractivity contribution is 0.0562. The van der Waals surface area contributed by atoms with E-state index in [2.05, 4.69) is 29.4 Å². The van der Waals surface area contributed by atoms with Crippen LogP contribution in [0.1, 0.15) is 73.1 Å². The molecule has 0 radical (unpaired) electrons. The van der Waals surface area contributed by atoms with Crippen molar-refractivity contribution in [2.75, 3.05) is 18.4 Å². The summed E-state index contributed by atoms with van der Waals surface area (Å²) in [5, 5.41) is 13.7. The Balaban J connectivity index is 1.57. The Labute approximate surface area is 214 Å². The van der Waals surface area contributed by atoms with E-state index in [1.807, 2.05) is 43.0 Å². The van der Waals surface area contributed by atoms with Crippen LogP contribution < -0.4 is 10.6 Å². The maximum atomic E-state index is 13.0. The van der Waals surface area contributed by atoms with E-state index in [4.69, 9.17) is 10.1 Å². The summed E-state index contributed by atoms with van der Waals surface area (Å²) in [5.74, 6) is 6.43. The number of aryl methyl sites for hydroxylation is 2. The molecular formula is C29H36N4O3. The van der Waals surface area contributed by atoms with Crippen LogP contribution in [0.25, 0.3) is 0 Å². The summed E-state index contributed by atoms with van der Waals surface area (Å²) in [5.41, 5.74) is 4.41. The normalized spacial score (nSPS) is 15.1. The summed E-state index contributed by atoms with van der Waals surface area (Å²) < 4.78 is 5.18. The molecule has 190 valence electrons. The third-order valence-electron chi connectivity index (χ3n) is 6.02. The second-order valence-electron chi connectivity index (χ2n) is 10.2. The van der Waals surface area contributed by atoms with Crippen molar-refractivity contribution < 1.29 is 14.3 Å². The summed E-state index contributed by atoms with van der Waals surface area (Å²) in [4.78, 5) is 26.8. The molecule has 1 atom stereocenters. The SMILES string of the molecule is Cc1cc(C(=O)N2CCCC2C)c(C)cc1C#CCNc1ccc(C(=N)NC(=O)OC(C)(C)C)cc1. The maximum absolute atomic E-state index is 13.0. The number of nitrogens with zero attached hydrogens (tertiary/aromatic N) is 1. The Hall–Kier alpha value is -3.79. The van der Waals surface area contributed by atoms with Gasteiger partial charge in [-0.05, 0) is 102 Å².